The number of anilines is 1. The van der Waals surface area contributed by atoms with E-state index in [0.29, 0.717) is 18.8 Å². The number of urea groups is 1. The summed E-state index contributed by atoms with van der Waals surface area (Å²) in [4.78, 5) is 12.2. The third-order valence-corrected chi connectivity index (χ3v) is 4.42. The van der Waals surface area contributed by atoms with Crippen molar-refractivity contribution in [2.24, 2.45) is 0 Å². The van der Waals surface area contributed by atoms with Gasteiger partial charge in [-0.25, -0.2) is 9.48 Å². The summed E-state index contributed by atoms with van der Waals surface area (Å²) in [6.07, 6.45) is 3.53. The summed E-state index contributed by atoms with van der Waals surface area (Å²) in [6, 6.07) is 1.83. The first-order chi connectivity index (χ1) is 11.0. The first-order valence-electron chi connectivity index (χ1n) is 8.51. The fourth-order valence-electron chi connectivity index (χ4n) is 3.03. The molecule has 1 fully saturated rings. The number of nitrogens with one attached hydrogen (secondary N) is 3. The van der Waals surface area contributed by atoms with E-state index in [1.807, 2.05) is 17.7 Å². The maximum atomic E-state index is 12.2. The van der Waals surface area contributed by atoms with Crippen molar-refractivity contribution in [3.05, 3.63) is 11.8 Å². The molecule has 1 saturated heterocycles. The van der Waals surface area contributed by atoms with Gasteiger partial charge in [-0.1, -0.05) is 13.8 Å². The Morgan fingerprint density at radius 2 is 2.26 bits per heavy atom. The quantitative estimate of drug-likeness (QED) is 0.642. The molecule has 2 amide bonds. The molecule has 0 unspecified atom stereocenters. The number of aryl methyl sites for hydroxylation is 1. The Hall–Kier alpha value is -1.60. The van der Waals surface area contributed by atoms with Gasteiger partial charge in [0, 0.05) is 19.2 Å². The van der Waals surface area contributed by atoms with Crippen LogP contribution in [0.1, 0.15) is 51.3 Å². The van der Waals surface area contributed by atoms with E-state index in [2.05, 4.69) is 34.9 Å². The van der Waals surface area contributed by atoms with Gasteiger partial charge < -0.3 is 15.7 Å². The molecule has 7 heteroatoms. The molecule has 0 spiro atoms. The van der Waals surface area contributed by atoms with Crippen LogP contribution in [0.5, 0.6) is 0 Å². The Bertz CT molecular complexity index is 519. The highest BCUT2D eigenvalue weighted by molar-refractivity contribution is 5.88. The van der Waals surface area contributed by atoms with Crippen molar-refractivity contribution < 1.29 is 9.90 Å². The van der Waals surface area contributed by atoms with Gasteiger partial charge in [0.1, 0.15) is 5.82 Å². The molecule has 4 N–H and O–H groups in total. The zero-order valence-electron chi connectivity index (χ0n) is 14.4. The van der Waals surface area contributed by atoms with Crippen molar-refractivity contribution in [3.63, 3.8) is 0 Å². The van der Waals surface area contributed by atoms with Crippen molar-refractivity contribution in [1.82, 2.24) is 20.4 Å². The summed E-state index contributed by atoms with van der Waals surface area (Å²) in [5, 5.41) is 23.7. The molecule has 2 rings (SSSR count). The molecule has 0 bridgehead atoms. The molecule has 1 aromatic rings. The van der Waals surface area contributed by atoms with Gasteiger partial charge in [0.05, 0.1) is 17.3 Å². The summed E-state index contributed by atoms with van der Waals surface area (Å²) < 4.78 is 1.88. The Kier molecular flexibility index (Phi) is 6.01. The maximum Gasteiger partial charge on any atom is 0.320 e. The second-order valence-electron chi connectivity index (χ2n) is 6.40. The minimum atomic E-state index is -0.860. The lowest BCUT2D eigenvalue weighted by Crippen LogP contribution is -2.53. The Balaban J connectivity index is 1.95. The van der Waals surface area contributed by atoms with Crippen LogP contribution in [0.25, 0.3) is 0 Å². The number of nitrogens with zero attached hydrogens (tertiary/aromatic N) is 2. The average molecular weight is 323 g/mol. The summed E-state index contributed by atoms with van der Waals surface area (Å²) in [6.45, 7) is 7.81. The van der Waals surface area contributed by atoms with E-state index < -0.39 is 5.60 Å². The van der Waals surface area contributed by atoms with E-state index in [0.717, 1.165) is 31.5 Å². The van der Waals surface area contributed by atoms with E-state index in [-0.39, 0.29) is 18.6 Å². The van der Waals surface area contributed by atoms with Gasteiger partial charge in [0.15, 0.2) is 0 Å². The molecule has 130 valence electrons. The van der Waals surface area contributed by atoms with E-state index in [1.165, 1.54) is 0 Å². The molecular weight excluding hydrogens is 294 g/mol. The van der Waals surface area contributed by atoms with Crippen LogP contribution in [0.4, 0.5) is 10.6 Å². The molecule has 1 aromatic heterocycles. The molecule has 2 heterocycles. The van der Waals surface area contributed by atoms with Crippen molar-refractivity contribution in [2.45, 2.75) is 58.1 Å². The number of piperidine rings is 1. The van der Waals surface area contributed by atoms with Crippen LogP contribution in [-0.4, -0.2) is 46.2 Å². The third kappa shape index (κ3) is 4.68. The molecule has 0 radical (unpaired) electrons. The number of β-amino-alcohol motifs (C(OH)–C–C–N with tert-alkyl or cyclic N) is 1. The minimum absolute atomic E-state index is 0.240. The zero-order chi connectivity index (χ0) is 16.9. The van der Waals surface area contributed by atoms with Gasteiger partial charge >= 0.3 is 6.03 Å². The number of hydrogen-bond acceptors (Lipinski definition) is 4. The van der Waals surface area contributed by atoms with Crippen LogP contribution in [-0.2, 0) is 0 Å². The molecule has 0 aromatic carbocycles. The van der Waals surface area contributed by atoms with E-state index in [9.17, 15) is 9.90 Å². The highest BCUT2D eigenvalue weighted by Gasteiger charge is 2.29. The molecule has 0 saturated carbocycles. The summed E-state index contributed by atoms with van der Waals surface area (Å²) in [7, 11) is 0. The molecule has 7 nitrogen and oxygen atoms in total. The summed E-state index contributed by atoms with van der Waals surface area (Å²) in [5.41, 5.74) is 0.0171. The number of aromatic nitrogens is 2. The second-order valence-corrected chi connectivity index (χ2v) is 6.40. The summed E-state index contributed by atoms with van der Waals surface area (Å²) in [5.74, 6) is 0.697. The number of hydrogen-bond donors (Lipinski definition) is 4. The van der Waals surface area contributed by atoms with Crippen molar-refractivity contribution in [2.75, 3.05) is 25.0 Å². The molecule has 1 aliphatic rings. The monoisotopic (exact) mass is 323 g/mol. The predicted octanol–water partition coefficient (Wildman–Crippen LogP) is 1.79. The van der Waals surface area contributed by atoms with Crippen LogP contribution in [0.3, 0.4) is 0 Å². The fraction of sp³-hybridized carbons (Fsp3) is 0.750. The van der Waals surface area contributed by atoms with Crippen LogP contribution in [0, 0.1) is 6.92 Å². The lowest BCUT2D eigenvalue weighted by molar-refractivity contribution is 0.0198. The lowest BCUT2D eigenvalue weighted by atomic mass is 9.94. The van der Waals surface area contributed by atoms with Gasteiger partial charge in [-0.15, -0.1) is 0 Å². The highest BCUT2D eigenvalue weighted by Crippen LogP contribution is 2.22. The first-order valence-corrected chi connectivity index (χ1v) is 8.51. The second kappa shape index (κ2) is 7.79. The van der Waals surface area contributed by atoms with Crippen molar-refractivity contribution in [1.29, 1.82) is 0 Å². The van der Waals surface area contributed by atoms with Gasteiger partial charge in [-0.3, -0.25) is 5.32 Å². The van der Waals surface area contributed by atoms with Gasteiger partial charge in [0.25, 0.3) is 0 Å². The number of carbonyl (C=O) groups excluding carboxylic acids is 1. The lowest BCUT2D eigenvalue weighted by Gasteiger charge is -2.32. The van der Waals surface area contributed by atoms with E-state index in [1.54, 1.807) is 0 Å². The van der Waals surface area contributed by atoms with Crippen molar-refractivity contribution in [3.8, 4) is 0 Å². The zero-order valence-corrected chi connectivity index (χ0v) is 14.4. The van der Waals surface area contributed by atoms with E-state index in [4.69, 9.17) is 0 Å². The van der Waals surface area contributed by atoms with Gasteiger partial charge in [-0.2, -0.15) is 5.10 Å². The van der Waals surface area contributed by atoms with Crippen molar-refractivity contribution >= 4 is 11.8 Å². The van der Waals surface area contributed by atoms with Gasteiger partial charge in [0.2, 0.25) is 0 Å². The summed E-state index contributed by atoms with van der Waals surface area (Å²) >= 11 is 0. The molecule has 1 aliphatic heterocycles. The largest absolute Gasteiger partial charge is 0.387 e. The van der Waals surface area contributed by atoms with Crippen LogP contribution < -0.4 is 16.0 Å². The first kappa shape index (κ1) is 17.7. The fourth-order valence-corrected chi connectivity index (χ4v) is 3.03. The Labute approximate surface area is 137 Å². The smallest absolute Gasteiger partial charge is 0.320 e. The van der Waals surface area contributed by atoms with Crippen LogP contribution in [0.2, 0.25) is 0 Å². The Morgan fingerprint density at radius 3 is 2.87 bits per heavy atom. The van der Waals surface area contributed by atoms with Gasteiger partial charge in [-0.05, 0) is 39.2 Å². The number of aliphatic hydroxyl groups is 1. The average Bonchev–Trinajstić information content (AvgIpc) is 2.88. The maximum absolute atomic E-state index is 12.2. The SMILES string of the molecule is CCC(CC)n1nc(C)cc1NC(=O)NC[C@@]1(O)CCCNC1. The number of carbonyl (C=O) groups is 1. The number of rotatable bonds is 6. The third-order valence-electron chi connectivity index (χ3n) is 4.42. The minimum Gasteiger partial charge on any atom is -0.387 e. The Morgan fingerprint density at radius 1 is 1.52 bits per heavy atom. The molecule has 0 aliphatic carbocycles. The molecule has 23 heavy (non-hydrogen) atoms. The van der Waals surface area contributed by atoms with Crippen LogP contribution in [0.15, 0.2) is 6.07 Å². The molecular formula is C16H29N5O2. The van der Waals surface area contributed by atoms with Crippen LogP contribution >= 0.6 is 0 Å². The standard InChI is InChI=1S/C16H29N5O2/c1-4-13(5-2)21-14(9-12(3)20-21)19-15(22)18-11-16(23)7-6-8-17-10-16/h9,13,17,23H,4-8,10-11H2,1-3H3,(H2,18,19,22)/t16-/m1/s1. The normalized spacial score (nSPS) is 21.4. The topological polar surface area (TPSA) is 91.2 Å². The molecule has 1 atom stereocenters. The highest BCUT2D eigenvalue weighted by atomic mass is 16.3. The van der Waals surface area contributed by atoms with E-state index >= 15 is 0 Å². The predicted molar refractivity (Wildman–Crippen MR) is 90.7 cm³/mol. The number of amides is 2.